The summed E-state index contributed by atoms with van der Waals surface area (Å²) in [6, 6.07) is 15.1. The van der Waals surface area contributed by atoms with Gasteiger partial charge in [0.2, 0.25) is 5.89 Å². The van der Waals surface area contributed by atoms with Crippen LogP contribution in [0.5, 0.6) is 5.75 Å². The molecule has 0 saturated heterocycles. The predicted octanol–water partition coefficient (Wildman–Crippen LogP) is 5.85. The Morgan fingerprint density at radius 3 is 2.71 bits per heavy atom. The minimum atomic E-state index is -0.840. The van der Waals surface area contributed by atoms with Crippen LogP contribution in [0.25, 0.3) is 6.08 Å². The van der Waals surface area contributed by atoms with E-state index in [1.165, 1.54) is 0 Å². The number of aryl methyl sites for hydroxylation is 1. The highest BCUT2D eigenvalue weighted by Gasteiger charge is 2.33. The molecule has 0 saturated carbocycles. The number of carboxylic acids is 1. The number of hydrogen-bond donors (Lipinski definition) is 1. The SMILES string of the molecule is Cc1oc(C=CC(C)(C)C)nc1CCOc1ccc2c(c1)C(C(=O)O)N(Cc1ccccc1)CC2. The third kappa shape index (κ3) is 6.40. The summed E-state index contributed by atoms with van der Waals surface area (Å²) in [6.07, 6.45) is 5.41. The molecule has 1 aliphatic heterocycles. The first kappa shape index (κ1) is 24.7. The number of rotatable bonds is 8. The molecule has 1 unspecified atom stereocenters. The van der Waals surface area contributed by atoms with Gasteiger partial charge in [0.15, 0.2) is 0 Å². The number of carbonyl (C=O) groups is 1. The molecular formula is C29H34N2O4. The van der Waals surface area contributed by atoms with E-state index in [1.54, 1.807) is 0 Å². The van der Waals surface area contributed by atoms with Gasteiger partial charge in [0.25, 0.3) is 0 Å². The van der Waals surface area contributed by atoms with Gasteiger partial charge in [-0.3, -0.25) is 9.69 Å². The predicted molar refractivity (Wildman–Crippen MR) is 136 cm³/mol. The number of carboxylic acid groups (broad SMARTS) is 1. The van der Waals surface area contributed by atoms with Gasteiger partial charge in [-0.2, -0.15) is 0 Å². The molecule has 1 aromatic heterocycles. The van der Waals surface area contributed by atoms with Crippen molar-refractivity contribution in [3.05, 3.63) is 88.6 Å². The van der Waals surface area contributed by atoms with Gasteiger partial charge in [-0.25, -0.2) is 4.98 Å². The number of aliphatic carboxylic acids is 1. The summed E-state index contributed by atoms with van der Waals surface area (Å²) in [4.78, 5) is 18.9. The molecule has 0 bridgehead atoms. The van der Waals surface area contributed by atoms with Gasteiger partial charge >= 0.3 is 5.97 Å². The zero-order chi connectivity index (χ0) is 25.0. The van der Waals surface area contributed by atoms with E-state index < -0.39 is 12.0 Å². The van der Waals surface area contributed by atoms with Crippen LogP contribution < -0.4 is 4.74 Å². The molecule has 184 valence electrons. The highest BCUT2D eigenvalue weighted by molar-refractivity contribution is 5.77. The molecule has 0 amide bonds. The third-order valence-corrected chi connectivity index (χ3v) is 6.15. The minimum absolute atomic E-state index is 0.0581. The Labute approximate surface area is 207 Å². The van der Waals surface area contributed by atoms with Crippen molar-refractivity contribution in [2.45, 2.75) is 53.1 Å². The third-order valence-electron chi connectivity index (χ3n) is 6.15. The van der Waals surface area contributed by atoms with Crippen molar-refractivity contribution in [1.29, 1.82) is 0 Å². The Kier molecular flexibility index (Phi) is 7.41. The molecule has 0 fully saturated rings. The Bertz CT molecular complexity index is 1190. The summed E-state index contributed by atoms with van der Waals surface area (Å²) in [6.45, 7) is 10.0. The van der Waals surface area contributed by atoms with Crippen molar-refractivity contribution < 1.29 is 19.1 Å². The molecule has 1 aliphatic rings. The van der Waals surface area contributed by atoms with E-state index in [0.29, 0.717) is 37.8 Å². The average molecular weight is 475 g/mol. The largest absolute Gasteiger partial charge is 0.493 e. The van der Waals surface area contributed by atoms with Crippen LogP contribution in [0, 0.1) is 12.3 Å². The van der Waals surface area contributed by atoms with Gasteiger partial charge in [0.1, 0.15) is 17.6 Å². The maximum absolute atomic E-state index is 12.3. The topological polar surface area (TPSA) is 75.8 Å². The fourth-order valence-corrected chi connectivity index (χ4v) is 4.35. The van der Waals surface area contributed by atoms with Crippen molar-refractivity contribution >= 4 is 12.0 Å². The maximum Gasteiger partial charge on any atom is 0.325 e. The molecule has 1 N–H and O–H groups in total. The molecule has 6 nitrogen and oxygen atoms in total. The molecular weight excluding hydrogens is 440 g/mol. The quantitative estimate of drug-likeness (QED) is 0.442. The number of benzene rings is 2. The van der Waals surface area contributed by atoms with Crippen LogP contribution >= 0.6 is 0 Å². The van der Waals surface area contributed by atoms with Crippen LogP contribution in [0.1, 0.15) is 60.8 Å². The first-order chi connectivity index (χ1) is 16.7. The van der Waals surface area contributed by atoms with Crippen molar-refractivity contribution in [2.75, 3.05) is 13.2 Å². The van der Waals surface area contributed by atoms with Crippen molar-refractivity contribution in [2.24, 2.45) is 5.41 Å². The number of ether oxygens (including phenoxy) is 1. The maximum atomic E-state index is 12.3. The summed E-state index contributed by atoms with van der Waals surface area (Å²) >= 11 is 0. The van der Waals surface area contributed by atoms with E-state index in [1.807, 2.05) is 66.4 Å². The van der Waals surface area contributed by atoms with E-state index in [2.05, 4.69) is 31.8 Å². The van der Waals surface area contributed by atoms with Gasteiger partial charge < -0.3 is 14.3 Å². The van der Waals surface area contributed by atoms with Crippen LogP contribution in [0.4, 0.5) is 0 Å². The molecule has 35 heavy (non-hydrogen) atoms. The number of oxazole rings is 1. The summed E-state index contributed by atoms with van der Waals surface area (Å²) in [7, 11) is 0. The van der Waals surface area contributed by atoms with Crippen LogP contribution in [-0.4, -0.2) is 34.1 Å². The Hall–Kier alpha value is -3.38. The van der Waals surface area contributed by atoms with Crippen molar-refractivity contribution in [3.63, 3.8) is 0 Å². The minimum Gasteiger partial charge on any atom is -0.493 e. The second kappa shape index (κ2) is 10.5. The number of nitrogens with zero attached hydrogens (tertiary/aromatic N) is 2. The smallest absolute Gasteiger partial charge is 0.325 e. The number of fused-ring (bicyclic) bond motifs is 1. The molecule has 3 aromatic rings. The molecule has 6 heteroatoms. The number of aromatic nitrogens is 1. The molecule has 2 aromatic carbocycles. The van der Waals surface area contributed by atoms with Crippen LogP contribution in [0.2, 0.25) is 0 Å². The second-order valence-electron chi connectivity index (χ2n) is 10.2. The first-order valence-corrected chi connectivity index (χ1v) is 12.1. The van der Waals surface area contributed by atoms with E-state index in [4.69, 9.17) is 9.15 Å². The molecule has 0 aliphatic carbocycles. The Morgan fingerprint density at radius 1 is 1.23 bits per heavy atom. The van der Waals surface area contributed by atoms with Crippen molar-refractivity contribution in [1.82, 2.24) is 9.88 Å². The first-order valence-electron chi connectivity index (χ1n) is 12.1. The van der Waals surface area contributed by atoms with Gasteiger partial charge in [0, 0.05) is 19.5 Å². The summed E-state index contributed by atoms with van der Waals surface area (Å²) in [5.41, 5.74) is 3.91. The van der Waals surface area contributed by atoms with E-state index in [0.717, 1.165) is 34.6 Å². The molecule has 1 atom stereocenters. The average Bonchev–Trinajstić information content (AvgIpc) is 3.17. The van der Waals surface area contributed by atoms with Gasteiger partial charge in [-0.15, -0.1) is 0 Å². The van der Waals surface area contributed by atoms with Crippen LogP contribution in [0.15, 0.2) is 59.0 Å². The lowest BCUT2D eigenvalue weighted by molar-refractivity contribution is -0.144. The second-order valence-corrected chi connectivity index (χ2v) is 10.2. The van der Waals surface area contributed by atoms with Gasteiger partial charge in [-0.05, 0) is 53.7 Å². The zero-order valence-electron chi connectivity index (χ0n) is 21.0. The molecule has 2 heterocycles. The Morgan fingerprint density at radius 2 is 2.00 bits per heavy atom. The van der Waals surface area contributed by atoms with Gasteiger partial charge in [0.05, 0.1) is 12.3 Å². The normalized spacial score (nSPS) is 16.4. The van der Waals surface area contributed by atoms with Crippen LogP contribution in [-0.2, 0) is 24.2 Å². The lowest BCUT2D eigenvalue weighted by Gasteiger charge is -2.35. The highest BCUT2D eigenvalue weighted by Crippen LogP contribution is 2.34. The van der Waals surface area contributed by atoms with E-state index >= 15 is 0 Å². The molecule has 0 radical (unpaired) electrons. The van der Waals surface area contributed by atoms with Gasteiger partial charge in [-0.1, -0.05) is 63.2 Å². The zero-order valence-corrected chi connectivity index (χ0v) is 21.0. The van der Waals surface area contributed by atoms with E-state index in [-0.39, 0.29) is 5.41 Å². The summed E-state index contributed by atoms with van der Waals surface area (Å²) in [5.74, 6) is 1.22. The fraction of sp³-hybridized carbons (Fsp3) is 0.379. The molecule has 0 spiro atoms. The van der Waals surface area contributed by atoms with Crippen molar-refractivity contribution in [3.8, 4) is 5.75 Å². The number of hydrogen-bond acceptors (Lipinski definition) is 5. The summed E-state index contributed by atoms with van der Waals surface area (Å²) in [5, 5.41) is 10.1. The van der Waals surface area contributed by atoms with E-state index in [9.17, 15) is 9.90 Å². The fourth-order valence-electron chi connectivity index (χ4n) is 4.35. The standard InChI is InChI=1S/C29H34N2O4/c1-20-25(30-26(35-20)12-15-29(2,3)4)14-17-34-23-11-10-22-13-16-31(19-21-8-6-5-7-9-21)27(28(32)33)24(22)18-23/h5-12,15,18,27H,13-14,16-17,19H2,1-4H3,(H,32,33). The lowest BCUT2D eigenvalue weighted by atomic mass is 9.92. The highest BCUT2D eigenvalue weighted by atomic mass is 16.5. The number of allylic oxidation sites excluding steroid dienone is 1. The lowest BCUT2D eigenvalue weighted by Crippen LogP contribution is -2.39. The van der Waals surface area contributed by atoms with Crippen LogP contribution in [0.3, 0.4) is 0 Å². The Balaban J connectivity index is 1.44. The summed E-state index contributed by atoms with van der Waals surface area (Å²) < 4.78 is 11.8. The monoisotopic (exact) mass is 474 g/mol. The molecule has 4 rings (SSSR count).